The maximum atomic E-state index is 13.7. The number of likely N-dealkylation sites (tertiary alicyclic amines) is 1. The second-order valence-electron chi connectivity index (χ2n) is 6.26. The Kier molecular flexibility index (Phi) is 4.62. The van der Waals surface area contributed by atoms with Crippen molar-refractivity contribution < 1.29 is 18.7 Å². The monoisotopic (exact) mass is 335 g/mol. The molecule has 5 nitrogen and oxygen atoms in total. The number of nitrogens with zero attached hydrogens (tertiary/aromatic N) is 2. The van der Waals surface area contributed by atoms with Crippen LogP contribution in [0.15, 0.2) is 24.3 Å². The van der Waals surface area contributed by atoms with Gasteiger partial charge in [-0.15, -0.1) is 0 Å². The number of hydrogen-bond donors (Lipinski definition) is 2. The summed E-state index contributed by atoms with van der Waals surface area (Å²) in [6.45, 7) is 2.47. The quantitative estimate of drug-likeness (QED) is 0.892. The molecule has 0 unspecified atom stereocenters. The van der Waals surface area contributed by atoms with Crippen LogP contribution in [0.25, 0.3) is 0 Å². The van der Waals surface area contributed by atoms with Crippen LogP contribution in [0, 0.1) is 24.5 Å². The van der Waals surface area contributed by atoms with Crippen molar-refractivity contribution in [3.8, 4) is 0 Å². The van der Waals surface area contributed by atoms with E-state index in [4.69, 9.17) is 0 Å². The number of aromatic amines is 1. The molecule has 0 aliphatic carbocycles. The first-order valence-electron chi connectivity index (χ1n) is 7.83. The van der Waals surface area contributed by atoms with Gasteiger partial charge in [0, 0.05) is 30.3 Å². The third-order valence-corrected chi connectivity index (χ3v) is 4.36. The fraction of sp³-hybridized carbons (Fsp3) is 0.412. The molecule has 1 aromatic heterocycles. The number of amides is 1. The summed E-state index contributed by atoms with van der Waals surface area (Å²) in [6.07, 6.45) is -0.308. The summed E-state index contributed by atoms with van der Waals surface area (Å²) in [5.74, 6) is -2.39. The van der Waals surface area contributed by atoms with Crippen LogP contribution in [-0.4, -0.2) is 45.3 Å². The molecular weight excluding hydrogens is 316 g/mol. The van der Waals surface area contributed by atoms with Crippen LogP contribution in [-0.2, 0) is 17.6 Å². The molecule has 2 N–H and O–H groups in total. The minimum Gasteiger partial charge on any atom is -0.391 e. The largest absolute Gasteiger partial charge is 0.391 e. The first-order valence-corrected chi connectivity index (χ1v) is 7.83. The van der Waals surface area contributed by atoms with Gasteiger partial charge in [0.25, 0.3) is 0 Å². The summed E-state index contributed by atoms with van der Waals surface area (Å²) in [5.41, 5.74) is 1.80. The Morgan fingerprint density at radius 1 is 1.42 bits per heavy atom. The van der Waals surface area contributed by atoms with Gasteiger partial charge in [-0.25, -0.2) is 8.78 Å². The molecule has 1 fully saturated rings. The third-order valence-electron chi connectivity index (χ3n) is 4.36. The highest BCUT2D eigenvalue weighted by Crippen LogP contribution is 2.22. The summed E-state index contributed by atoms with van der Waals surface area (Å²) in [7, 11) is 0. The Bertz CT molecular complexity index is 747. The van der Waals surface area contributed by atoms with E-state index in [1.54, 1.807) is 0 Å². The lowest BCUT2D eigenvalue weighted by molar-refractivity contribution is -0.129. The molecule has 0 bridgehead atoms. The van der Waals surface area contributed by atoms with Gasteiger partial charge in [-0.3, -0.25) is 9.89 Å². The molecule has 1 aromatic carbocycles. The molecule has 0 spiro atoms. The maximum absolute atomic E-state index is 13.7. The highest BCUT2D eigenvalue weighted by Gasteiger charge is 2.34. The molecule has 0 saturated carbocycles. The van der Waals surface area contributed by atoms with Crippen molar-refractivity contribution in [2.24, 2.45) is 5.92 Å². The molecule has 0 radical (unpaired) electrons. The van der Waals surface area contributed by atoms with Crippen LogP contribution in [0.3, 0.4) is 0 Å². The normalized spacial score (nSPS) is 20.6. The number of aliphatic hydroxyl groups is 1. The SMILES string of the molecule is Cc1cc(C[C@@H]2CN(C(=O)Cc3cccc(F)c3F)C[C@H]2O)n[nH]1. The Morgan fingerprint density at radius 3 is 2.92 bits per heavy atom. The van der Waals surface area contributed by atoms with Gasteiger partial charge in [0.2, 0.25) is 5.91 Å². The number of hydrogen-bond acceptors (Lipinski definition) is 3. The fourth-order valence-corrected chi connectivity index (χ4v) is 3.07. The second kappa shape index (κ2) is 6.68. The van der Waals surface area contributed by atoms with E-state index in [-0.39, 0.29) is 30.4 Å². The van der Waals surface area contributed by atoms with E-state index in [9.17, 15) is 18.7 Å². The van der Waals surface area contributed by atoms with Crippen LogP contribution >= 0.6 is 0 Å². The van der Waals surface area contributed by atoms with Gasteiger partial charge >= 0.3 is 0 Å². The zero-order chi connectivity index (χ0) is 17.3. The molecule has 24 heavy (non-hydrogen) atoms. The molecule has 3 rings (SSSR count). The molecule has 1 aliphatic heterocycles. The lowest BCUT2D eigenvalue weighted by Crippen LogP contribution is -2.31. The molecule has 2 aromatic rings. The molecule has 128 valence electrons. The van der Waals surface area contributed by atoms with Crippen LogP contribution < -0.4 is 0 Å². The highest BCUT2D eigenvalue weighted by atomic mass is 19.2. The predicted molar refractivity (Wildman–Crippen MR) is 83.2 cm³/mol. The van der Waals surface area contributed by atoms with Crippen LogP contribution in [0.2, 0.25) is 0 Å². The fourth-order valence-electron chi connectivity index (χ4n) is 3.07. The number of carbonyl (C=O) groups is 1. The van der Waals surface area contributed by atoms with Gasteiger partial charge in [0.1, 0.15) is 0 Å². The van der Waals surface area contributed by atoms with Crippen molar-refractivity contribution in [2.75, 3.05) is 13.1 Å². The lowest BCUT2D eigenvalue weighted by atomic mass is 10.0. The second-order valence-corrected chi connectivity index (χ2v) is 6.26. The first-order chi connectivity index (χ1) is 11.4. The first kappa shape index (κ1) is 16.6. The lowest BCUT2D eigenvalue weighted by Gasteiger charge is -2.16. The number of benzene rings is 1. The molecule has 1 saturated heterocycles. The number of aromatic nitrogens is 2. The van der Waals surface area contributed by atoms with Gasteiger partial charge in [-0.05, 0) is 25.5 Å². The molecule has 2 heterocycles. The molecule has 1 amide bonds. The predicted octanol–water partition coefficient (Wildman–Crippen LogP) is 1.60. The van der Waals surface area contributed by atoms with E-state index in [1.165, 1.54) is 17.0 Å². The minimum absolute atomic E-state index is 0.0286. The maximum Gasteiger partial charge on any atom is 0.227 e. The zero-order valence-corrected chi connectivity index (χ0v) is 13.3. The van der Waals surface area contributed by atoms with E-state index < -0.39 is 17.7 Å². The molecular formula is C17H19F2N3O2. The average Bonchev–Trinajstić information content (AvgIpc) is 3.11. The van der Waals surface area contributed by atoms with Gasteiger partial charge in [-0.2, -0.15) is 5.10 Å². The van der Waals surface area contributed by atoms with Crippen molar-refractivity contribution in [1.82, 2.24) is 15.1 Å². The van der Waals surface area contributed by atoms with Crippen molar-refractivity contribution in [3.05, 3.63) is 52.9 Å². The van der Waals surface area contributed by atoms with Crippen molar-refractivity contribution in [1.29, 1.82) is 0 Å². The van der Waals surface area contributed by atoms with Crippen LogP contribution in [0.5, 0.6) is 0 Å². The molecule has 1 aliphatic rings. The minimum atomic E-state index is -0.992. The van der Waals surface area contributed by atoms with Gasteiger partial charge in [0.05, 0.1) is 18.2 Å². The van der Waals surface area contributed by atoms with E-state index in [0.717, 1.165) is 17.5 Å². The van der Waals surface area contributed by atoms with Gasteiger partial charge < -0.3 is 10.0 Å². The highest BCUT2D eigenvalue weighted by molar-refractivity contribution is 5.79. The smallest absolute Gasteiger partial charge is 0.227 e. The van der Waals surface area contributed by atoms with Crippen LogP contribution in [0.1, 0.15) is 17.0 Å². The summed E-state index contributed by atoms with van der Waals surface area (Å²) >= 11 is 0. The van der Waals surface area contributed by atoms with Crippen molar-refractivity contribution >= 4 is 5.91 Å². The van der Waals surface area contributed by atoms with Gasteiger partial charge in [0.15, 0.2) is 11.6 Å². The van der Waals surface area contributed by atoms with Crippen molar-refractivity contribution in [3.63, 3.8) is 0 Å². The van der Waals surface area contributed by atoms with E-state index in [0.29, 0.717) is 13.0 Å². The Morgan fingerprint density at radius 2 is 2.21 bits per heavy atom. The number of nitrogens with one attached hydrogen (secondary N) is 1. The average molecular weight is 335 g/mol. The Balaban J connectivity index is 1.63. The van der Waals surface area contributed by atoms with E-state index in [2.05, 4.69) is 10.2 Å². The summed E-state index contributed by atoms with van der Waals surface area (Å²) in [4.78, 5) is 13.8. The summed E-state index contributed by atoms with van der Waals surface area (Å²) < 4.78 is 26.9. The number of halogens is 2. The number of β-amino-alcohol motifs (C(OH)–C–C–N with tert-alkyl or cyclic N) is 1. The van der Waals surface area contributed by atoms with Crippen LogP contribution in [0.4, 0.5) is 8.78 Å². The van der Waals surface area contributed by atoms with E-state index in [1.807, 2.05) is 13.0 Å². The molecule has 2 atom stereocenters. The Hall–Kier alpha value is -2.28. The van der Waals surface area contributed by atoms with Gasteiger partial charge in [-0.1, -0.05) is 12.1 Å². The number of H-pyrrole nitrogens is 1. The zero-order valence-electron chi connectivity index (χ0n) is 13.3. The number of rotatable bonds is 4. The topological polar surface area (TPSA) is 69.2 Å². The number of aliphatic hydroxyl groups excluding tert-OH is 1. The molecule has 7 heteroatoms. The standard InChI is InChI=1S/C17H19F2N3O2/c1-10-5-13(21-20-10)6-12-8-22(9-15(12)23)16(24)7-11-3-2-4-14(18)17(11)19/h2-5,12,15,23H,6-9H2,1H3,(H,20,21)/t12-,15-/m1/s1. The summed E-state index contributed by atoms with van der Waals surface area (Å²) in [5, 5.41) is 17.2. The number of carbonyl (C=O) groups excluding carboxylic acids is 1. The Labute approximate surface area is 138 Å². The summed E-state index contributed by atoms with van der Waals surface area (Å²) in [6, 6.07) is 5.69. The van der Waals surface area contributed by atoms with E-state index >= 15 is 0 Å². The van der Waals surface area contributed by atoms with Crippen molar-refractivity contribution in [2.45, 2.75) is 25.9 Å². The number of aryl methyl sites for hydroxylation is 1. The third kappa shape index (κ3) is 3.46.